The quantitative estimate of drug-likeness (QED) is 0.715. The van der Waals surface area contributed by atoms with Crippen LogP contribution in [0.5, 0.6) is 0 Å². The maximum Gasteiger partial charge on any atom is 0.0826 e. The van der Waals surface area contributed by atoms with Gasteiger partial charge in [-0.25, -0.2) is 0 Å². The van der Waals surface area contributed by atoms with Crippen molar-refractivity contribution >= 4 is 0 Å². The summed E-state index contributed by atoms with van der Waals surface area (Å²) in [4.78, 5) is 2.33. The molecule has 1 saturated heterocycles. The third-order valence-electron chi connectivity index (χ3n) is 2.90. The first-order valence-electron chi connectivity index (χ1n) is 5.73. The first kappa shape index (κ1) is 12.0. The van der Waals surface area contributed by atoms with Crippen molar-refractivity contribution in [1.82, 2.24) is 10.2 Å². The molecule has 84 valence electrons. The van der Waals surface area contributed by atoms with Gasteiger partial charge in [0.15, 0.2) is 0 Å². The highest BCUT2D eigenvalue weighted by atomic mass is 16.5. The van der Waals surface area contributed by atoms with Crippen molar-refractivity contribution < 1.29 is 4.74 Å². The van der Waals surface area contributed by atoms with E-state index in [2.05, 4.69) is 31.1 Å². The van der Waals surface area contributed by atoms with Gasteiger partial charge in [0.2, 0.25) is 0 Å². The molecule has 2 atom stereocenters. The Bertz CT molecular complexity index is 152. The molecule has 1 N–H and O–H groups in total. The normalized spacial score (nSPS) is 26.4. The standard InChI is InChI=1S/C11H24N2O/c1-4-10(2)7-12-8-11-9-13(3)5-6-14-11/h10-12H,4-9H2,1-3H3/t10-,11-/m0/s1. The summed E-state index contributed by atoms with van der Waals surface area (Å²) in [6.45, 7) is 9.63. The molecule has 0 amide bonds. The van der Waals surface area contributed by atoms with E-state index in [0.717, 1.165) is 38.7 Å². The Hall–Kier alpha value is -0.120. The van der Waals surface area contributed by atoms with Gasteiger partial charge in [-0.1, -0.05) is 20.3 Å². The monoisotopic (exact) mass is 200 g/mol. The van der Waals surface area contributed by atoms with Crippen molar-refractivity contribution in [2.45, 2.75) is 26.4 Å². The van der Waals surface area contributed by atoms with E-state index >= 15 is 0 Å². The Morgan fingerprint density at radius 3 is 3.00 bits per heavy atom. The zero-order valence-electron chi connectivity index (χ0n) is 9.75. The predicted octanol–water partition coefficient (Wildman–Crippen LogP) is 0.953. The van der Waals surface area contributed by atoms with Crippen LogP contribution in [0.15, 0.2) is 0 Å². The van der Waals surface area contributed by atoms with Crippen molar-refractivity contribution in [3.63, 3.8) is 0 Å². The zero-order valence-corrected chi connectivity index (χ0v) is 9.75. The van der Waals surface area contributed by atoms with Gasteiger partial charge in [-0.15, -0.1) is 0 Å². The predicted molar refractivity (Wildman–Crippen MR) is 59.6 cm³/mol. The van der Waals surface area contributed by atoms with Gasteiger partial charge in [0.1, 0.15) is 0 Å². The highest BCUT2D eigenvalue weighted by Gasteiger charge is 2.16. The van der Waals surface area contributed by atoms with E-state index in [1.54, 1.807) is 0 Å². The molecule has 1 aliphatic rings. The Labute approximate surface area is 87.8 Å². The first-order valence-corrected chi connectivity index (χ1v) is 5.73. The zero-order chi connectivity index (χ0) is 10.4. The van der Waals surface area contributed by atoms with Gasteiger partial charge in [0.25, 0.3) is 0 Å². The molecule has 0 radical (unpaired) electrons. The fourth-order valence-corrected chi connectivity index (χ4v) is 1.63. The maximum absolute atomic E-state index is 5.66. The molecule has 0 aromatic carbocycles. The molecular formula is C11H24N2O. The SMILES string of the molecule is CC[C@H](C)CNC[C@H]1CN(C)CCO1. The number of hydrogen-bond donors (Lipinski definition) is 1. The summed E-state index contributed by atoms with van der Waals surface area (Å²) in [5.74, 6) is 0.774. The Kier molecular flexibility index (Phi) is 5.45. The van der Waals surface area contributed by atoms with Crippen molar-refractivity contribution in [2.75, 3.05) is 39.8 Å². The van der Waals surface area contributed by atoms with E-state index in [4.69, 9.17) is 4.74 Å². The summed E-state index contributed by atoms with van der Waals surface area (Å²) in [5, 5.41) is 3.47. The second-order valence-electron chi connectivity index (χ2n) is 4.43. The molecule has 14 heavy (non-hydrogen) atoms. The lowest BCUT2D eigenvalue weighted by atomic mass is 10.1. The topological polar surface area (TPSA) is 24.5 Å². The van der Waals surface area contributed by atoms with Crippen LogP contribution in [0.1, 0.15) is 20.3 Å². The van der Waals surface area contributed by atoms with Crippen molar-refractivity contribution in [3.05, 3.63) is 0 Å². The van der Waals surface area contributed by atoms with Crippen molar-refractivity contribution in [1.29, 1.82) is 0 Å². The van der Waals surface area contributed by atoms with Gasteiger partial charge < -0.3 is 15.0 Å². The fraction of sp³-hybridized carbons (Fsp3) is 1.00. The number of nitrogens with one attached hydrogen (secondary N) is 1. The summed E-state index contributed by atoms with van der Waals surface area (Å²) in [5.41, 5.74) is 0. The highest BCUT2D eigenvalue weighted by molar-refractivity contribution is 4.71. The molecule has 0 unspecified atom stereocenters. The van der Waals surface area contributed by atoms with Crippen LogP contribution < -0.4 is 5.32 Å². The van der Waals surface area contributed by atoms with E-state index < -0.39 is 0 Å². The minimum Gasteiger partial charge on any atom is -0.374 e. The highest BCUT2D eigenvalue weighted by Crippen LogP contribution is 2.02. The summed E-state index contributed by atoms with van der Waals surface area (Å²) >= 11 is 0. The third kappa shape index (κ3) is 4.40. The second kappa shape index (κ2) is 6.38. The Morgan fingerprint density at radius 1 is 1.57 bits per heavy atom. The van der Waals surface area contributed by atoms with Gasteiger partial charge in [0.05, 0.1) is 12.7 Å². The van der Waals surface area contributed by atoms with Gasteiger partial charge in [0, 0.05) is 19.6 Å². The molecule has 0 aromatic heterocycles. The average molecular weight is 200 g/mol. The number of nitrogens with zero attached hydrogens (tertiary/aromatic N) is 1. The first-order chi connectivity index (χ1) is 6.72. The third-order valence-corrected chi connectivity index (χ3v) is 2.90. The van der Waals surface area contributed by atoms with E-state index in [0.29, 0.717) is 6.10 Å². The van der Waals surface area contributed by atoms with Crippen LogP contribution in [0.4, 0.5) is 0 Å². The van der Waals surface area contributed by atoms with Crippen molar-refractivity contribution in [2.24, 2.45) is 5.92 Å². The molecule has 3 nitrogen and oxygen atoms in total. The molecule has 0 spiro atoms. The summed E-state index contributed by atoms with van der Waals surface area (Å²) < 4.78 is 5.66. The second-order valence-corrected chi connectivity index (χ2v) is 4.43. The average Bonchev–Trinajstić information content (AvgIpc) is 2.17. The molecule has 1 aliphatic heterocycles. The Balaban J connectivity index is 2.05. The lowest BCUT2D eigenvalue weighted by Gasteiger charge is -2.30. The number of morpholine rings is 1. The van der Waals surface area contributed by atoms with Gasteiger partial charge >= 0.3 is 0 Å². The molecule has 1 fully saturated rings. The Morgan fingerprint density at radius 2 is 2.36 bits per heavy atom. The van der Waals surface area contributed by atoms with E-state index in [1.807, 2.05) is 0 Å². The van der Waals surface area contributed by atoms with Crippen LogP contribution in [0.2, 0.25) is 0 Å². The smallest absolute Gasteiger partial charge is 0.0826 e. The number of likely N-dealkylation sites (N-methyl/N-ethyl adjacent to an activating group) is 1. The van der Waals surface area contributed by atoms with E-state index in [9.17, 15) is 0 Å². The van der Waals surface area contributed by atoms with E-state index in [1.165, 1.54) is 6.42 Å². The fourth-order valence-electron chi connectivity index (χ4n) is 1.63. The largest absolute Gasteiger partial charge is 0.374 e. The number of hydrogen-bond acceptors (Lipinski definition) is 3. The van der Waals surface area contributed by atoms with Crippen LogP contribution in [-0.4, -0.2) is 50.8 Å². The minimum atomic E-state index is 0.387. The number of ether oxygens (including phenoxy) is 1. The molecular weight excluding hydrogens is 176 g/mol. The summed E-state index contributed by atoms with van der Waals surface area (Å²) in [6, 6.07) is 0. The van der Waals surface area contributed by atoms with Crippen LogP contribution in [0.3, 0.4) is 0 Å². The van der Waals surface area contributed by atoms with Crippen LogP contribution in [0, 0.1) is 5.92 Å². The molecule has 1 rings (SSSR count). The van der Waals surface area contributed by atoms with Crippen molar-refractivity contribution in [3.8, 4) is 0 Å². The number of rotatable bonds is 5. The van der Waals surface area contributed by atoms with Gasteiger partial charge in [-0.3, -0.25) is 0 Å². The van der Waals surface area contributed by atoms with Crippen LogP contribution in [0.25, 0.3) is 0 Å². The molecule has 0 aromatic rings. The molecule has 1 heterocycles. The van der Waals surface area contributed by atoms with Gasteiger partial charge in [-0.05, 0) is 19.5 Å². The van der Waals surface area contributed by atoms with Gasteiger partial charge in [-0.2, -0.15) is 0 Å². The summed E-state index contributed by atoms with van der Waals surface area (Å²) in [7, 11) is 2.16. The maximum atomic E-state index is 5.66. The molecule has 3 heteroatoms. The minimum absolute atomic E-state index is 0.387. The lowest BCUT2D eigenvalue weighted by Crippen LogP contribution is -2.45. The van der Waals surface area contributed by atoms with E-state index in [-0.39, 0.29) is 0 Å². The van der Waals surface area contributed by atoms with Crippen LogP contribution in [-0.2, 0) is 4.74 Å². The molecule has 0 saturated carbocycles. The molecule has 0 aliphatic carbocycles. The lowest BCUT2D eigenvalue weighted by molar-refractivity contribution is -0.0183. The molecule has 0 bridgehead atoms. The van der Waals surface area contributed by atoms with Crippen LogP contribution >= 0.6 is 0 Å². The summed E-state index contributed by atoms with van der Waals surface area (Å²) in [6.07, 6.45) is 1.64.